The Balaban J connectivity index is 0.00000144. The van der Waals surface area contributed by atoms with Gasteiger partial charge in [-0.3, -0.25) is 4.79 Å². The summed E-state index contributed by atoms with van der Waals surface area (Å²) in [6.07, 6.45) is 1.05. The number of carbonyl (C=O) groups excluding carboxylic acids is 1. The quantitative estimate of drug-likeness (QED) is 0.708. The summed E-state index contributed by atoms with van der Waals surface area (Å²) in [5.41, 5.74) is 0. The highest BCUT2D eigenvalue weighted by atomic mass is 35.5. The molecule has 0 spiro atoms. The van der Waals surface area contributed by atoms with Gasteiger partial charge in [0.25, 0.3) is 0 Å². The molecule has 1 fully saturated rings. The van der Waals surface area contributed by atoms with Crippen LogP contribution in [0.1, 0.15) is 20.3 Å². The molecule has 13 heavy (non-hydrogen) atoms. The molecule has 0 aromatic heterocycles. The van der Waals surface area contributed by atoms with Crippen LogP contribution in [0.5, 0.6) is 0 Å². The fourth-order valence-electron chi connectivity index (χ4n) is 1.69. The Bertz CT molecular complexity index is 164. The van der Waals surface area contributed by atoms with E-state index >= 15 is 0 Å². The minimum atomic E-state index is -0.0330. The van der Waals surface area contributed by atoms with Gasteiger partial charge < -0.3 is 10.1 Å². The van der Waals surface area contributed by atoms with Gasteiger partial charge in [-0.1, -0.05) is 13.3 Å². The number of rotatable bonds is 3. The van der Waals surface area contributed by atoms with Crippen molar-refractivity contribution in [2.45, 2.75) is 20.3 Å². The molecule has 1 rings (SSSR count). The first-order valence-corrected chi connectivity index (χ1v) is 4.66. The summed E-state index contributed by atoms with van der Waals surface area (Å²) in [7, 11) is 0. The number of carbonyl (C=O) groups is 1. The van der Waals surface area contributed by atoms with Gasteiger partial charge in [0.15, 0.2) is 0 Å². The van der Waals surface area contributed by atoms with Crippen LogP contribution < -0.4 is 5.32 Å². The first-order valence-electron chi connectivity index (χ1n) is 4.66. The van der Waals surface area contributed by atoms with Crippen molar-refractivity contribution < 1.29 is 9.53 Å². The van der Waals surface area contributed by atoms with Gasteiger partial charge in [-0.05, 0) is 19.4 Å². The topological polar surface area (TPSA) is 38.3 Å². The lowest BCUT2D eigenvalue weighted by Crippen LogP contribution is -2.24. The van der Waals surface area contributed by atoms with Crippen molar-refractivity contribution in [2.75, 3.05) is 19.7 Å². The molecule has 1 heterocycles. The van der Waals surface area contributed by atoms with Crippen LogP contribution in [0, 0.1) is 11.8 Å². The number of hydrogen-bond donors (Lipinski definition) is 1. The Morgan fingerprint density at radius 2 is 2.15 bits per heavy atom. The molecule has 0 unspecified atom stereocenters. The lowest BCUT2D eigenvalue weighted by Gasteiger charge is -2.14. The first-order chi connectivity index (χ1) is 5.79. The second kappa shape index (κ2) is 6.22. The second-order valence-electron chi connectivity index (χ2n) is 3.19. The summed E-state index contributed by atoms with van der Waals surface area (Å²) < 4.78 is 4.98. The highest BCUT2D eigenvalue weighted by molar-refractivity contribution is 5.85. The zero-order valence-corrected chi connectivity index (χ0v) is 9.02. The zero-order valence-electron chi connectivity index (χ0n) is 8.21. The third-order valence-corrected chi connectivity index (χ3v) is 2.45. The van der Waals surface area contributed by atoms with Crippen LogP contribution in [0.25, 0.3) is 0 Å². The Hall–Kier alpha value is -0.280. The summed E-state index contributed by atoms with van der Waals surface area (Å²) >= 11 is 0. The summed E-state index contributed by atoms with van der Waals surface area (Å²) in [6, 6.07) is 0. The monoisotopic (exact) mass is 207 g/mol. The molecule has 0 amide bonds. The van der Waals surface area contributed by atoms with Crippen molar-refractivity contribution in [3.8, 4) is 0 Å². The van der Waals surface area contributed by atoms with Crippen molar-refractivity contribution >= 4 is 18.4 Å². The fourth-order valence-corrected chi connectivity index (χ4v) is 1.69. The van der Waals surface area contributed by atoms with Gasteiger partial charge in [-0.15, -0.1) is 12.4 Å². The van der Waals surface area contributed by atoms with Gasteiger partial charge in [0.05, 0.1) is 12.5 Å². The minimum Gasteiger partial charge on any atom is -0.466 e. The van der Waals surface area contributed by atoms with Crippen molar-refractivity contribution in [3.05, 3.63) is 0 Å². The normalized spacial score (nSPS) is 26.6. The van der Waals surface area contributed by atoms with Gasteiger partial charge >= 0.3 is 5.97 Å². The number of nitrogens with one attached hydrogen (secondary N) is 1. The SMILES string of the molecule is CCOC(=O)[C@@H]1CNC[C@H]1CC.Cl. The van der Waals surface area contributed by atoms with E-state index in [4.69, 9.17) is 4.74 Å². The van der Waals surface area contributed by atoms with Crippen molar-refractivity contribution in [3.63, 3.8) is 0 Å². The second-order valence-corrected chi connectivity index (χ2v) is 3.19. The highest BCUT2D eigenvalue weighted by Gasteiger charge is 2.32. The summed E-state index contributed by atoms with van der Waals surface area (Å²) in [5, 5.41) is 3.21. The molecule has 1 N–H and O–H groups in total. The van der Waals surface area contributed by atoms with Gasteiger partial charge in [0, 0.05) is 6.54 Å². The fraction of sp³-hybridized carbons (Fsp3) is 0.889. The lowest BCUT2D eigenvalue weighted by atomic mass is 9.94. The van der Waals surface area contributed by atoms with E-state index in [0.29, 0.717) is 12.5 Å². The summed E-state index contributed by atoms with van der Waals surface area (Å²) in [5.74, 6) is 0.536. The number of halogens is 1. The third-order valence-electron chi connectivity index (χ3n) is 2.45. The predicted octanol–water partition coefficient (Wildman–Crippen LogP) is 1.22. The molecule has 0 aromatic carbocycles. The van der Waals surface area contributed by atoms with E-state index in [1.165, 1.54) is 0 Å². The van der Waals surface area contributed by atoms with E-state index < -0.39 is 0 Å². The van der Waals surface area contributed by atoms with E-state index in [1.54, 1.807) is 0 Å². The maximum absolute atomic E-state index is 11.4. The molecule has 0 aliphatic carbocycles. The summed E-state index contributed by atoms with van der Waals surface area (Å²) in [6.45, 7) is 6.20. The third kappa shape index (κ3) is 3.16. The molecule has 2 atom stereocenters. The maximum atomic E-state index is 11.4. The number of esters is 1. The van der Waals surface area contributed by atoms with Crippen molar-refractivity contribution in [1.29, 1.82) is 0 Å². The van der Waals surface area contributed by atoms with Crippen molar-refractivity contribution in [1.82, 2.24) is 5.32 Å². The maximum Gasteiger partial charge on any atom is 0.310 e. The van der Waals surface area contributed by atoms with Crippen LogP contribution in [-0.4, -0.2) is 25.7 Å². The van der Waals surface area contributed by atoms with Crippen LogP contribution >= 0.6 is 12.4 Å². The molecule has 0 saturated carbocycles. The van der Waals surface area contributed by atoms with E-state index in [2.05, 4.69) is 12.2 Å². The number of ether oxygens (including phenoxy) is 1. The molecule has 1 saturated heterocycles. The standard InChI is InChI=1S/C9H17NO2.ClH/c1-3-7-5-10-6-8(7)9(11)12-4-2;/h7-8,10H,3-6H2,1-2H3;1H/t7-,8-;/m1./s1. The lowest BCUT2D eigenvalue weighted by molar-refractivity contribution is -0.148. The van der Waals surface area contributed by atoms with Crippen LogP contribution in [-0.2, 0) is 9.53 Å². The smallest absolute Gasteiger partial charge is 0.310 e. The van der Waals surface area contributed by atoms with E-state index in [-0.39, 0.29) is 24.3 Å². The van der Waals surface area contributed by atoms with Crippen LogP contribution in [0.4, 0.5) is 0 Å². The first kappa shape index (κ1) is 12.7. The van der Waals surface area contributed by atoms with Gasteiger partial charge in [-0.25, -0.2) is 0 Å². The number of hydrogen-bond acceptors (Lipinski definition) is 3. The molecule has 4 heteroatoms. The molecule has 1 aliphatic rings. The van der Waals surface area contributed by atoms with E-state index in [9.17, 15) is 4.79 Å². The molecule has 0 bridgehead atoms. The minimum absolute atomic E-state index is 0. The molecular weight excluding hydrogens is 190 g/mol. The van der Waals surface area contributed by atoms with Gasteiger partial charge in [0.1, 0.15) is 0 Å². The van der Waals surface area contributed by atoms with E-state index in [0.717, 1.165) is 19.5 Å². The summed E-state index contributed by atoms with van der Waals surface area (Å²) in [4.78, 5) is 11.4. The Kier molecular flexibility index (Phi) is 6.08. The predicted molar refractivity (Wildman–Crippen MR) is 54.0 cm³/mol. The van der Waals surface area contributed by atoms with Crippen LogP contribution in [0.3, 0.4) is 0 Å². The molecule has 0 radical (unpaired) electrons. The Morgan fingerprint density at radius 3 is 2.69 bits per heavy atom. The Labute approximate surface area is 85.6 Å². The Morgan fingerprint density at radius 1 is 1.46 bits per heavy atom. The van der Waals surface area contributed by atoms with Crippen LogP contribution in [0.15, 0.2) is 0 Å². The average molecular weight is 208 g/mol. The molecular formula is C9H18ClNO2. The van der Waals surface area contributed by atoms with Gasteiger partial charge in [-0.2, -0.15) is 0 Å². The largest absolute Gasteiger partial charge is 0.466 e. The molecule has 1 aliphatic heterocycles. The van der Waals surface area contributed by atoms with Gasteiger partial charge in [0.2, 0.25) is 0 Å². The highest BCUT2D eigenvalue weighted by Crippen LogP contribution is 2.20. The molecule has 78 valence electrons. The van der Waals surface area contributed by atoms with Crippen LogP contribution in [0.2, 0.25) is 0 Å². The zero-order chi connectivity index (χ0) is 8.97. The molecule has 0 aromatic rings. The van der Waals surface area contributed by atoms with E-state index in [1.807, 2.05) is 6.92 Å². The molecule has 3 nitrogen and oxygen atoms in total. The average Bonchev–Trinajstić information content (AvgIpc) is 2.51. The van der Waals surface area contributed by atoms with Crippen molar-refractivity contribution in [2.24, 2.45) is 11.8 Å².